The molecule has 11 nitrogen and oxygen atoms in total. The summed E-state index contributed by atoms with van der Waals surface area (Å²) in [6.07, 6.45) is 1.06. The van der Waals surface area contributed by atoms with Crippen LogP contribution in [0.15, 0.2) is 24.3 Å². The van der Waals surface area contributed by atoms with E-state index < -0.39 is 6.29 Å². The van der Waals surface area contributed by atoms with Crippen molar-refractivity contribution in [1.82, 2.24) is 15.1 Å². The van der Waals surface area contributed by atoms with E-state index in [0.29, 0.717) is 17.9 Å². The van der Waals surface area contributed by atoms with E-state index in [1.807, 2.05) is 12.1 Å². The number of fused-ring (bicyclic) bond motifs is 3. The number of benzene rings is 2. The van der Waals surface area contributed by atoms with Crippen molar-refractivity contribution < 1.29 is 38.7 Å². The molecule has 0 radical (unpaired) electrons. The first-order valence-corrected chi connectivity index (χ1v) is 14.5. The number of carbonyl (C=O) groups is 1. The van der Waals surface area contributed by atoms with Crippen LogP contribution in [0.4, 0.5) is 0 Å². The molecule has 1 fully saturated rings. The van der Waals surface area contributed by atoms with Crippen LogP contribution in [-0.2, 0) is 9.53 Å². The quantitative estimate of drug-likeness (QED) is 0.321. The van der Waals surface area contributed by atoms with Crippen LogP contribution >= 0.6 is 0 Å². The fourth-order valence-corrected chi connectivity index (χ4v) is 6.40. The Balaban J connectivity index is 1.42. The molecule has 5 atom stereocenters. The Morgan fingerprint density at radius 2 is 1.64 bits per heavy atom. The summed E-state index contributed by atoms with van der Waals surface area (Å²) in [7, 11) is 9.20. The van der Waals surface area contributed by atoms with Gasteiger partial charge in [0.15, 0.2) is 29.3 Å². The topological polar surface area (TPSA) is 122 Å². The predicted octanol–water partition coefficient (Wildman–Crippen LogP) is 2.69. The minimum Gasteiger partial charge on any atom is -0.502 e. The van der Waals surface area contributed by atoms with Crippen molar-refractivity contribution >= 4 is 5.91 Å². The third kappa shape index (κ3) is 6.10. The van der Waals surface area contributed by atoms with Gasteiger partial charge >= 0.3 is 0 Å². The number of methoxy groups -OCH3 is 2. The van der Waals surface area contributed by atoms with E-state index in [1.54, 1.807) is 12.1 Å². The third-order valence-corrected chi connectivity index (χ3v) is 8.64. The van der Waals surface area contributed by atoms with Crippen molar-refractivity contribution in [1.29, 1.82) is 0 Å². The minimum atomic E-state index is -1.05. The van der Waals surface area contributed by atoms with Gasteiger partial charge in [0.2, 0.25) is 18.4 Å². The molecule has 3 N–H and O–H groups in total. The number of aliphatic hydroxyl groups excluding tert-OH is 1. The number of hydrogen-bond acceptors (Lipinski definition) is 10. The number of rotatable bonds is 12. The number of likely N-dealkylation sites (N-methyl/N-ethyl adjacent to an activating group) is 2. The van der Waals surface area contributed by atoms with Gasteiger partial charge in [0, 0.05) is 37.3 Å². The van der Waals surface area contributed by atoms with Gasteiger partial charge in [-0.3, -0.25) is 4.79 Å². The SMILES string of the molecule is COc1cc([C@@H]2c3cc4c(cc3[C@@H](NC(=O)CCCCN(C)CCN(C)C)[C@H]3COC(O)[C@H]23)OCO4)cc(OC)c1O. The fourth-order valence-electron chi connectivity index (χ4n) is 6.40. The third-order valence-electron chi connectivity index (χ3n) is 8.64. The van der Waals surface area contributed by atoms with Gasteiger partial charge in [-0.1, -0.05) is 0 Å². The number of phenols is 1. The van der Waals surface area contributed by atoms with Crippen LogP contribution in [0.3, 0.4) is 0 Å². The summed E-state index contributed by atoms with van der Waals surface area (Å²) < 4.78 is 28.2. The number of nitrogens with one attached hydrogen (secondary N) is 1. The summed E-state index contributed by atoms with van der Waals surface area (Å²) in [4.78, 5) is 17.7. The highest BCUT2D eigenvalue weighted by atomic mass is 16.7. The summed E-state index contributed by atoms with van der Waals surface area (Å²) >= 11 is 0. The number of carbonyl (C=O) groups excluding carboxylic acids is 1. The van der Waals surface area contributed by atoms with Gasteiger partial charge in [-0.15, -0.1) is 0 Å². The lowest BCUT2D eigenvalue weighted by Crippen LogP contribution is -2.43. The van der Waals surface area contributed by atoms with Crippen molar-refractivity contribution in [3.8, 4) is 28.7 Å². The second kappa shape index (κ2) is 12.9. The number of hydrogen-bond donors (Lipinski definition) is 3. The largest absolute Gasteiger partial charge is 0.502 e. The van der Waals surface area contributed by atoms with E-state index in [0.717, 1.165) is 49.2 Å². The van der Waals surface area contributed by atoms with E-state index in [9.17, 15) is 15.0 Å². The summed E-state index contributed by atoms with van der Waals surface area (Å²) in [5.74, 6) is 0.672. The highest BCUT2D eigenvalue weighted by molar-refractivity contribution is 5.77. The lowest BCUT2D eigenvalue weighted by atomic mass is 9.65. The highest BCUT2D eigenvalue weighted by Gasteiger charge is 2.52. The molecule has 1 amide bonds. The van der Waals surface area contributed by atoms with Gasteiger partial charge in [0.1, 0.15) is 0 Å². The highest BCUT2D eigenvalue weighted by Crippen LogP contribution is 2.56. The molecule has 0 aromatic heterocycles. The maximum absolute atomic E-state index is 13.3. The van der Waals surface area contributed by atoms with E-state index >= 15 is 0 Å². The van der Waals surface area contributed by atoms with Crippen molar-refractivity contribution in [2.24, 2.45) is 11.8 Å². The van der Waals surface area contributed by atoms with Gasteiger partial charge in [-0.25, -0.2) is 0 Å². The lowest BCUT2D eigenvalue weighted by molar-refractivity contribution is -0.122. The zero-order valence-electron chi connectivity index (χ0n) is 25.1. The van der Waals surface area contributed by atoms with Gasteiger partial charge in [0.05, 0.1) is 26.9 Å². The van der Waals surface area contributed by atoms with Crippen molar-refractivity contribution in [2.75, 3.05) is 68.4 Å². The molecule has 1 unspecified atom stereocenters. The Kier molecular flexibility index (Phi) is 9.32. The van der Waals surface area contributed by atoms with Crippen LogP contribution in [0.25, 0.3) is 0 Å². The van der Waals surface area contributed by atoms with Gasteiger partial charge in [-0.05, 0) is 81.5 Å². The smallest absolute Gasteiger partial charge is 0.231 e. The van der Waals surface area contributed by atoms with Crippen LogP contribution in [0.1, 0.15) is 47.9 Å². The van der Waals surface area contributed by atoms with E-state index in [2.05, 4.69) is 36.3 Å². The Morgan fingerprint density at radius 1 is 0.976 bits per heavy atom. The number of aromatic hydroxyl groups is 1. The number of amides is 1. The zero-order chi connectivity index (χ0) is 30.0. The molecule has 2 aromatic carbocycles. The summed E-state index contributed by atoms with van der Waals surface area (Å²) in [6, 6.07) is 6.99. The van der Waals surface area contributed by atoms with E-state index in [1.165, 1.54) is 14.2 Å². The Hall–Kier alpha value is -3.25. The number of phenolic OH excluding ortho intramolecular Hbond substituents is 1. The van der Waals surface area contributed by atoms with Gasteiger partial charge < -0.3 is 49.0 Å². The minimum absolute atomic E-state index is 0.0360. The number of unbranched alkanes of at least 4 members (excludes halogenated alkanes) is 1. The Labute approximate surface area is 247 Å². The van der Waals surface area contributed by atoms with Crippen molar-refractivity contribution in [2.45, 2.75) is 37.5 Å². The molecule has 11 heteroatoms. The predicted molar refractivity (Wildman–Crippen MR) is 155 cm³/mol. The first kappa shape index (κ1) is 30.2. The number of nitrogens with zero attached hydrogens (tertiary/aromatic N) is 2. The van der Waals surface area contributed by atoms with E-state index in [4.69, 9.17) is 23.7 Å². The average molecular weight is 586 g/mol. The van der Waals surface area contributed by atoms with Gasteiger partial charge in [0.25, 0.3) is 0 Å². The molecule has 42 heavy (non-hydrogen) atoms. The molecule has 0 bridgehead atoms. The second-order valence-electron chi connectivity index (χ2n) is 11.7. The van der Waals surface area contributed by atoms with Gasteiger partial charge in [-0.2, -0.15) is 0 Å². The molecule has 3 aliphatic rings. The molecule has 1 saturated heterocycles. The molecular formula is C31H43N3O8. The monoisotopic (exact) mass is 585 g/mol. The molecule has 230 valence electrons. The zero-order valence-corrected chi connectivity index (χ0v) is 25.1. The maximum Gasteiger partial charge on any atom is 0.231 e. The Morgan fingerprint density at radius 3 is 2.29 bits per heavy atom. The molecule has 0 saturated carbocycles. The van der Waals surface area contributed by atoms with Crippen LogP contribution < -0.4 is 24.3 Å². The van der Waals surface area contributed by atoms with E-state index in [-0.39, 0.29) is 60.4 Å². The second-order valence-corrected chi connectivity index (χ2v) is 11.7. The summed E-state index contributed by atoms with van der Waals surface area (Å²) in [5.41, 5.74) is 2.56. The molecule has 2 aromatic rings. The molecule has 5 rings (SSSR count). The molecular weight excluding hydrogens is 542 g/mol. The van der Waals surface area contributed by atoms with Crippen LogP contribution in [0, 0.1) is 11.8 Å². The standard InChI is InChI=1S/C31H43N3O8/c1-33(2)10-11-34(3)9-7-6-8-26(35)32-29-20-15-23-22(41-17-42-23)14-19(20)27(28-21(29)16-40-31(28)37)18-12-24(38-4)30(36)25(13-18)39-5/h12-15,21,27-29,31,36-37H,6-11,16-17H2,1-5H3,(H,32,35)/t21-,27+,28-,29+,31?/m0/s1. The summed E-state index contributed by atoms with van der Waals surface area (Å²) in [6.45, 7) is 3.31. The number of ether oxygens (including phenoxy) is 5. The fraction of sp³-hybridized carbons (Fsp3) is 0.581. The molecule has 2 aliphatic heterocycles. The molecule has 2 heterocycles. The normalized spacial score (nSPS) is 24.0. The summed E-state index contributed by atoms with van der Waals surface area (Å²) in [5, 5.41) is 25.0. The average Bonchev–Trinajstić information content (AvgIpc) is 3.59. The van der Waals surface area contributed by atoms with Crippen LogP contribution in [0.5, 0.6) is 28.7 Å². The maximum atomic E-state index is 13.3. The van der Waals surface area contributed by atoms with Crippen molar-refractivity contribution in [3.63, 3.8) is 0 Å². The van der Waals surface area contributed by atoms with Crippen LogP contribution in [-0.4, -0.2) is 101 Å². The molecule has 1 aliphatic carbocycles. The number of aliphatic hydroxyl groups is 1. The Bertz CT molecular complexity index is 1250. The first-order chi connectivity index (χ1) is 20.2. The van der Waals surface area contributed by atoms with Crippen LogP contribution in [0.2, 0.25) is 0 Å². The molecule has 0 spiro atoms. The lowest BCUT2D eigenvalue weighted by Gasteiger charge is -2.41. The van der Waals surface area contributed by atoms with Crippen molar-refractivity contribution in [3.05, 3.63) is 41.0 Å². The first-order valence-electron chi connectivity index (χ1n) is 14.5.